The monoisotopic (exact) mass is 151 g/mol. The Balaban J connectivity index is 0.000000640. The molecule has 1 fully saturated rings. The summed E-state index contributed by atoms with van der Waals surface area (Å²) in [7, 11) is 0. The first-order valence-corrected chi connectivity index (χ1v) is 3.23. The minimum atomic E-state index is 0. The Labute approximate surface area is 62.6 Å². The molecule has 0 aromatic rings. The molecule has 2 nitrogen and oxygen atoms in total. The molecular weight excluding hydrogens is 138 g/mol. The van der Waals surface area contributed by atoms with Gasteiger partial charge in [0.15, 0.2) is 0 Å². The number of nitrogens with zero attached hydrogens (tertiary/aromatic N) is 1. The first-order valence-electron chi connectivity index (χ1n) is 3.23. The highest BCUT2D eigenvalue weighted by Crippen LogP contribution is 1.93. The third-order valence-electron chi connectivity index (χ3n) is 1.55. The van der Waals surface area contributed by atoms with E-state index in [9.17, 15) is 0 Å². The average Bonchev–Trinajstić information content (AvgIpc) is 1.90. The molecule has 56 valence electrons. The van der Waals surface area contributed by atoms with Gasteiger partial charge in [0.1, 0.15) is 0 Å². The molecule has 0 radical (unpaired) electrons. The van der Waals surface area contributed by atoms with Crippen molar-refractivity contribution < 1.29 is 4.74 Å². The van der Waals surface area contributed by atoms with Crippen molar-refractivity contribution in [3.8, 4) is 0 Å². The molecule has 1 saturated heterocycles. The topological polar surface area (TPSA) is 12.5 Å². The standard InChI is InChI=1S/C6H13NO.ClH/c1-2-7-3-5-8-6-4-7;/h2-6H2,1H3;1H. The summed E-state index contributed by atoms with van der Waals surface area (Å²) >= 11 is 0. The van der Waals surface area contributed by atoms with Gasteiger partial charge in [0.2, 0.25) is 0 Å². The Hall–Kier alpha value is 0.210. The molecule has 9 heavy (non-hydrogen) atoms. The van der Waals surface area contributed by atoms with Crippen molar-refractivity contribution in [1.29, 1.82) is 0 Å². The summed E-state index contributed by atoms with van der Waals surface area (Å²) in [5.74, 6) is 0. The van der Waals surface area contributed by atoms with E-state index in [4.69, 9.17) is 4.74 Å². The predicted octanol–water partition coefficient (Wildman–Crippen LogP) is 0.760. The maximum absolute atomic E-state index is 5.16. The van der Waals surface area contributed by atoms with Gasteiger partial charge in [-0.2, -0.15) is 0 Å². The molecule has 3 heteroatoms. The van der Waals surface area contributed by atoms with Crippen LogP contribution in [0.3, 0.4) is 0 Å². The van der Waals surface area contributed by atoms with Crippen LogP contribution in [-0.2, 0) is 4.74 Å². The molecular formula is C6H14ClNO. The van der Waals surface area contributed by atoms with E-state index >= 15 is 0 Å². The molecule has 0 amide bonds. The van der Waals surface area contributed by atoms with E-state index in [2.05, 4.69) is 11.8 Å². The van der Waals surface area contributed by atoms with Gasteiger partial charge in [0, 0.05) is 13.1 Å². The second-order valence-corrected chi connectivity index (χ2v) is 2.05. The Morgan fingerprint density at radius 3 is 2.22 bits per heavy atom. The first kappa shape index (κ1) is 9.21. The van der Waals surface area contributed by atoms with Crippen LogP contribution in [0.25, 0.3) is 0 Å². The largest absolute Gasteiger partial charge is 0.379 e. The van der Waals surface area contributed by atoms with E-state index in [-0.39, 0.29) is 12.4 Å². The maximum Gasteiger partial charge on any atom is 0.0594 e. The maximum atomic E-state index is 5.16. The fourth-order valence-electron chi connectivity index (χ4n) is 0.917. The number of hydrogen-bond donors (Lipinski definition) is 0. The van der Waals surface area contributed by atoms with E-state index in [0.29, 0.717) is 0 Å². The lowest BCUT2D eigenvalue weighted by Gasteiger charge is -2.24. The van der Waals surface area contributed by atoms with Crippen LogP contribution in [0.2, 0.25) is 0 Å². The fourth-order valence-corrected chi connectivity index (χ4v) is 0.917. The zero-order valence-electron chi connectivity index (χ0n) is 5.80. The van der Waals surface area contributed by atoms with Crippen molar-refractivity contribution >= 4 is 12.4 Å². The number of hydrogen-bond acceptors (Lipinski definition) is 2. The van der Waals surface area contributed by atoms with Crippen LogP contribution in [0.1, 0.15) is 6.92 Å². The summed E-state index contributed by atoms with van der Waals surface area (Å²) in [5.41, 5.74) is 0. The number of likely N-dealkylation sites (N-methyl/N-ethyl adjacent to an activating group) is 1. The van der Waals surface area contributed by atoms with Gasteiger partial charge in [-0.3, -0.25) is 4.90 Å². The van der Waals surface area contributed by atoms with Crippen molar-refractivity contribution in [1.82, 2.24) is 4.90 Å². The van der Waals surface area contributed by atoms with Crippen LogP contribution < -0.4 is 0 Å². The first-order chi connectivity index (χ1) is 3.93. The fraction of sp³-hybridized carbons (Fsp3) is 1.00. The van der Waals surface area contributed by atoms with Gasteiger partial charge in [0.25, 0.3) is 0 Å². The van der Waals surface area contributed by atoms with E-state index in [1.807, 2.05) is 0 Å². The second kappa shape index (κ2) is 5.03. The molecule has 0 atom stereocenters. The van der Waals surface area contributed by atoms with Crippen LogP contribution in [0.5, 0.6) is 0 Å². The third-order valence-corrected chi connectivity index (χ3v) is 1.55. The summed E-state index contributed by atoms with van der Waals surface area (Å²) < 4.78 is 5.16. The average molecular weight is 152 g/mol. The normalized spacial score (nSPS) is 21.0. The summed E-state index contributed by atoms with van der Waals surface area (Å²) in [4.78, 5) is 2.39. The third kappa shape index (κ3) is 3.04. The van der Waals surface area contributed by atoms with Crippen LogP contribution >= 0.6 is 12.4 Å². The highest BCUT2D eigenvalue weighted by molar-refractivity contribution is 5.85. The smallest absolute Gasteiger partial charge is 0.0594 e. The summed E-state index contributed by atoms with van der Waals surface area (Å²) in [5, 5.41) is 0. The lowest BCUT2D eigenvalue weighted by atomic mass is 10.4. The summed E-state index contributed by atoms with van der Waals surface area (Å²) in [6.07, 6.45) is 0. The van der Waals surface area contributed by atoms with Crippen LogP contribution in [0, 0.1) is 0 Å². The molecule has 0 N–H and O–H groups in total. The Morgan fingerprint density at radius 2 is 1.89 bits per heavy atom. The minimum Gasteiger partial charge on any atom is -0.379 e. The lowest BCUT2D eigenvalue weighted by Crippen LogP contribution is -2.35. The van der Waals surface area contributed by atoms with Crippen LogP contribution in [0.15, 0.2) is 0 Å². The zero-order chi connectivity index (χ0) is 5.82. The van der Waals surface area contributed by atoms with Crippen molar-refractivity contribution in [3.05, 3.63) is 0 Å². The minimum absolute atomic E-state index is 0. The Morgan fingerprint density at radius 1 is 1.33 bits per heavy atom. The Bertz CT molecular complexity index is 64.1. The second-order valence-electron chi connectivity index (χ2n) is 2.05. The highest BCUT2D eigenvalue weighted by atomic mass is 35.5. The van der Waals surface area contributed by atoms with Crippen LogP contribution in [-0.4, -0.2) is 37.7 Å². The molecule has 0 aromatic carbocycles. The van der Waals surface area contributed by atoms with E-state index in [1.54, 1.807) is 0 Å². The summed E-state index contributed by atoms with van der Waals surface area (Å²) in [6.45, 7) is 7.45. The summed E-state index contributed by atoms with van der Waals surface area (Å²) in [6, 6.07) is 0. The zero-order valence-corrected chi connectivity index (χ0v) is 6.62. The molecule has 1 aliphatic rings. The van der Waals surface area contributed by atoms with Gasteiger partial charge < -0.3 is 4.74 Å². The van der Waals surface area contributed by atoms with E-state index < -0.39 is 0 Å². The van der Waals surface area contributed by atoms with Crippen molar-refractivity contribution in [2.24, 2.45) is 0 Å². The van der Waals surface area contributed by atoms with E-state index in [1.165, 1.54) is 6.54 Å². The SMILES string of the molecule is CCN1CCOCC1.Cl. The Kier molecular flexibility index (Phi) is 5.15. The molecule has 0 saturated carbocycles. The van der Waals surface area contributed by atoms with Gasteiger partial charge in [0.05, 0.1) is 13.2 Å². The van der Waals surface area contributed by atoms with Gasteiger partial charge >= 0.3 is 0 Å². The van der Waals surface area contributed by atoms with Crippen molar-refractivity contribution in [2.75, 3.05) is 32.8 Å². The molecule has 0 aliphatic carbocycles. The molecule has 1 rings (SSSR count). The van der Waals surface area contributed by atoms with Gasteiger partial charge in [-0.15, -0.1) is 12.4 Å². The van der Waals surface area contributed by atoms with Gasteiger partial charge in [-0.25, -0.2) is 0 Å². The van der Waals surface area contributed by atoms with E-state index in [0.717, 1.165) is 26.3 Å². The lowest BCUT2D eigenvalue weighted by molar-refractivity contribution is 0.0405. The quantitative estimate of drug-likeness (QED) is 0.549. The molecule has 0 aromatic heterocycles. The van der Waals surface area contributed by atoms with Crippen molar-refractivity contribution in [2.45, 2.75) is 6.92 Å². The van der Waals surface area contributed by atoms with Crippen LogP contribution in [0.4, 0.5) is 0 Å². The number of rotatable bonds is 1. The predicted molar refractivity (Wildman–Crippen MR) is 40.2 cm³/mol. The number of ether oxygens (including phenoxy) is 1. The molecule has 0 spiro atoms. The number of halogens is 1. The van der Waals surface area contributed by atoms with Gasteiger partial charge in [-0.1, -0.05) is 6.92 Å². The molecule has 1 aliphatic heterocycles. The molecule has 0 unspecified atom stereocenters. The molecule has 1 heterocycles. The number of morpholine rings is 1. The van der Waals surface area contributed by atoms with Crippen molar-refractivity contribution in [3.63, 3.8) is 0 Å². The van der Waals surface area contributed by atoms with Gasteiger partial charge in [-0.05, 0) is 6.54 Å². The highest BCUT2D eigenvalue weighted by Gasteiger charge is 2.05. The molecule has 0 bridgehead atoms.